The summed E-state index contributed by atoms with van der Waals surface area (Å²) in [5, 5.41) is 3.78. The highest BCUT2D eigenvalue weighted by atomic mass is 32.2. The van der Waals surface area contributed by atoms with Crippen LogP contribution >= 0.6 is 0 Å². The van der Waals surface area contributed by atoms with Crippen molar-refractivity contribution in [2.75, 3.05) is 6.79 Å². The molecular formula is C15H14N2O4S. The van der Waals surface area contributed by atoms with Gasteiger partial charge in [-0.15, -0.1) is 0 Å². The van der Waals surface area contributed by atoms with E-state index in [4.69, 9.17) is 9.47 Å². The Morgan fingerprint density at radius 2 is 1.82 bits per heavy atom. The average Bonchev–Trinajstić information content (AvgIpc) is 2.95. The molecule has 1 aliphatic rings. The van der Waals surface area contributed by atoms with E-state index in [2.05, 4.69) is 9.93 Å². The van der Waals surface area contributed by atoms with Crippen LogP contribution in [0.5, 0.6) is 11.5 Å². The smallest absolute Gasteiger partial charge is 0.276 e. The van der Waals surface area contributed by atoms with Crippen LogP contribution in [0.15, 0.2) is 52.5 Å². The largest absolute Gasteiger partial charge is 0.454 e. The molecule has 0 aliphatic carbocycles. The minimum atomic E-state index is -3.66. The highest BCUT2D eigenvalue weighted by Gasteiger charge is 2.13. The summed E-state index contributed by atoms with van der Waals surface area (Å²) in [6, 6.07) is 11.8. The molecule has 0 spiro atoms. The van der Waals surface area contributed by atoms with Gasteiger partial charge in [0.05, 0.1) is 11.1 Å². The minimum Gasteiger partial charge on any atom is -0.454 e. The molecule has 6 nitrogen and oxygen atoms in total. The quantitative estimate of drug-likeness (QED) is 0.691. The number of nitrogens with zero attached hydrogens (tertiary/aromatic N) is 1. The first-order valence-electron chi connectivity index (χ1n) is 6.56. The van der Waals surface area contributed by atoms with Gasteiger partial charge in [0.25, 0.3) is 10.0 Å². The fourth-order valence-electron chi connectivity index (χ4n) is 1.93. The number of sulfonamides is 1. The predicted octanol–water partition coefficient (Wildman–Crippen LogP) is 2.04. The zero-order valence-electron chi connectivity index (χ0n) is 11.8. The summed E-state index contributed by atoms with van der Waals surface area (Å²) < 4.78 is 34.5. The van der Waals surface area contributed by atoms with Crippen LogP contribution < -0.4 is 14.3 Å². The van der Waals surface area contributed by atoms with Crippen LogP contribution in [0.3, 0.4) is 0 Å². The molecule has 2 aromatic carbocycles. The van der Waals surface area contributed by atoms with Gasteiger partial charge in [-0.1, -0.05) is 17.7 Å². The van der Waals surface area contributed by atoms with Gasteiger partial charge in [0.2, 0.25) is 6.79 Å². The van der Waals surface area contributed by atoms with Crippen molar-refractivity contribution >= 4 is 16.2 Å². The molecule has 0 radical (unpaired) electrons. The zero-order chi connectivity index (χ0) is 15.6. The number of hydrazone groups is 1. The molecule has 0 atom stereocenters. The third kappa shape index (κ3) is 3.04. The van der Waals surface area contributed by atoms with Crippen LogP contribution in [-0.4, -0.2) is 21.4 Å². The maximum absolute atomic E-state index is 12.1. The van der Waals surface area contributed by atoms with E-state index in [1.165, 1.54) is 18.3 Å². The Hall–Kier alpha value is -2.54. The molecule has 22 heavy (non-hydrogen) atoms. The van der Waals surface area contributed by atoms with Crippen molar-refractivity contribution in [2.45, 2.75) is 11.8 Å². The Kier molecular flexibility index (Phi) is 3.72. The third-order valence-corrected chi connectivity index (χ3v) is 4.35. The molecule has 1 N–H and O–H groups in total. The molecule has 0 unspecified atom stereocenters. The summed E-state index contributed by atoms with van der Waals surface area (Å²) in [6.45, 7) is 2.08. The standard InChI is InChI=1S/C15H14N2O4S/c1-11-2-5-13(6-3-11)22(18,19)17-16-9-12-4-7-14-15(8-12)21-10-20-14/h2-9,17H,10H2,1H3. The van der Waals surface area contributed by atoms with Crippen LogP contribution in [0.1, 0.15) is 11.1 Å². The second-order valence-corrected chi connectivity index (χ2v) is 6.44. The van der Waals surface area contributed by atoms with E-state index >= 15 is 0 Å². The minimum absolute atomic E-state index is 0.168. The zero-order valence-corrected chi connectivity index (χ0v) is 12.6. The van der Waals surface area contributed by atoms with Gasteiger partial charge in [-0.3, -0.25) is 0 Å². The molecule has 1 heterocycles. The van der Waals surface area contributed by atoms with E-state index in [9.17, 15) is 8.42 Å². The summed E-state index contributed by atoms with van der Waals surface area (Å²) in [6.07, 6.45) is 1.41. The lowest BCUT2D eigenvalue weighted by Gasteiger charge is -2.03. The van der Waals surface area contributed by atoms with Gasteiger partial charge < -0.3 is 9.47 Å². The first-order valence-corrected chi connectivity index (χ1v) is 8.04. The molecule has 0 bridgehead atoms. The number of hydrogen-bond acceptors (Lipinski definition) is 5. The molecule has 0 saturated heterocycles. The lowest BCUT2D eigenvalue weighted by atomic mass is 10.2. The monoisotopic (exact) mass is 318 g/mol. The van der Waals surface area contributed by atoms with Crippen molar-refractivity contribution in [2.24, 2.45) is 5.10 Å². The highest BCUT2D eigenvalue weighted by Crippen LogP contribution is 2.31. The van der Waals surface area contributed by atoms with Crippen LogP contribution in [0.4, 0.5) is 0 Å². The Morgan fingerprint density at radius 1 is 1.09 bits per heavy atom. The summed E-state index contributed by atoms with van der Waals surface area (Å²) in [5.74, 6) is 1.28. The summed E-state index contributed by atoms with van der Waals surface area (Å²) in [5.41, 5.74) is 1.69. The van der Waals surface area contributed by atoms with Gasteiger partial charge in [0.1, 0.15) is 0 Å². The van der Waals surface area contributed by atoms with Crippen LogP contribution in [-0.2, 0) is 10.0 Å². The maximum atomic E-state index is 12.1. The van der Waals surface area contributed by atoms with Gasteiger partial charge >= 0.3 is 0 Å². The third-order valence-electron chi connectivity index (χ3n) is 3.11. The van der Waals surface area contributed by atoms with E-state index in [0.717, 1.165) is 5.56 Å². The average molecular weight is 318 g/mol. The van der Waals surface area contributed by atoms with Crippen LogP contribution in [0, 0.1) is 6.92 Å². The van der Waals surface area contributed by atoms with Crippen LogP contribution in [0.2, 0.25) is 0 Å². The van der Waals surface area contributed by atoms with Crippen molar-refractivity contribution in [3.05, 3.63) is 53.6 Å². The highest BCUT2D eigenvalue weighted by molar-refractivity contribution is 7.89. The Labute approximate surface area is 128 Å². The van der Waals surface area contributed by atoms with E-state index in [-0.39, 0.29) is 11.7 Å². The van der Waals surface area contributed by atoms with Crippen molar-refractivity contribution in [3.63, 3.8) is 0 Å². The Morgan fingerprint density at radius 3 is 2.59 bits per heavy atom. The van der Waals surface area contributed by atoms with Gasteiger partial charge in [-0.05, 0) is 42.8 Å². The molecule has 0 saturated carbocycles. The predicted molar refractivity (Wildman–Crippen MR) is 81.7 cm³/mol. The number of aryl methyl sites for hydroxylation is 1. The molecule has 2 aromatic rings. The Balaban J connectivity index is 1.72. The fourth-order valence-corrected chi connectivity index (χ4v) is 2.73. The van der Waals surface area contributed by atoms with Crippen LogP contribution in [0.25, 0.3) is 0 Å². The SMILES string of the molecule is Cc1ccc(S(=O)(=O)NN=Cc2ccc3c(c2)OCO3)cc1. The lowest BCUT2D eigenvalue weighted by molar-refractivity contribution is 0.174. The molecule has 3 rings (SSSR count). The van der Waals surface area contributed by atoms with Gasteiger partial charge in [-0.25, -0.2) is 4.83 Å². The number of hydrogen-bond donors (Lipinski definition) is 1. The number of rotatable bonds is 4. The van der Waals surface area contributed by atoms with E-state index in [1.54, 1.807) is 30.3 Å². The first kappa shape index (κ1) is 14.4. The lowest BCUT2D eigenvalue weighted by Crippen LogP contribution is -2.18. The van der Waals surface area contributed by atoms with Gasteiger partial charge in [-0.2, -0.15) is 13.5 Å². The number of fused-ring (bicyclic) bond motifs is 1. The normalized spacial score (nSPS) is 13.5. The summed E-state index contributed by atoms with van der Waals surface area (Å²) in [7, 11) is -3.66. The van der Waals surface area contributed by atoms with E-state index in [0.29, 0.717) is 17.1 Å². The molecular weight excluding hydrogens is 304 g/mol. The number of benzene rings is 2. The van der Waals surface area contributed by atoms with Gasteiger partial charge in [0, 0.05) is 0 Å². The number of ether oxygens (including phenoxy) is 2. The molecule has 0 amide bonds. The van der Waals surface area contributed by atoms with Crippen molar-refractivity contribution in [3.8, 4) is 11.5 Å². The topological polar surface area (TPSA) is 77.0 Å². The summed E-state index contributed by atoms with van der Waals surface area (Å²) >= 11 is 0. The van der Waals surface area contributed by atoms with Crippen molar-refractivity contribution < 1.29 is 17.9 Å². The Bertz CT molecular complexity index is 814. The summed E-state index contributed by atoms with van der Waals surface area (Å²) in [4.78, 5) is 2.35. The van der Waals surface area contributed by atoms with Gasteiger partial charge in [0.15, 0.2) is 11.5 Å². The second-order valence-electron chi connectivity index (χ2n) is 4.78. The van der Waals surface area contributed by atoms with E-state index < -0.39 is 10.0 Å². The molecule has 0 aromatic heterocycles. The number of nitrogens with one attached hydrogen (secondary N) is 1. The van der Waals surface area contributed by atoms with Crippen molar-refractivity contribution in [1.82, 2.24) is 4.83 Å². The first-order chi connectivity index (χ1) is 10.5. The molecule has 114 valence electrons. The fraction of sp³-hybridized carbons (Fsp3) is 0.133. The van der Waals surface area contributed by atoms with Crippen molar-refractivity contribution in [1.29, 1.82) is 0 Å². The maximum Gasteiger partial charge on any atom is 0.276 e. The molecule has 7 heteroatoms. The van der Waals surface area contributed by atoms with E-state index in [1.807, 2.05) is 6.92 Å². The second kappa shape index (κ2) is 5.69. The molecule has 0 fully saturated rings. The molecule has 1 aliphatic heterocycles.